The van der Waals surface area contributed by atoms with E-state index >= 15 is 0 Å². The van der Waals surface area contributed by atoms with Crippen LogP contribution in [0.15, 0.2) is 24.3 Å². The molecule has 1 heterocycles. The molecule has 0 fully saturated rings. The zero-order valence-electron chi connectivity index (χ0n) is 12.7. The number of carbonyl (C=O) groups excluding carboxylic acids is 1. The topological polar surface area (TPSA) is 55.4 Å². The predicted molar refractivity (Wildman–Crippen MR) is 86.7 cm³/mol. The number of anilines is 1. The van der Waals surface area contributed by atoms with Crippen molar-refractivity contribution in [2.45, 2.75) is 20.3 Å². The summed E-state index contributed by atoms with van der Waals surface area (Å²) >= 11 is 0. The molecule has 1 aromatic rings. The predicted octanol–water partition coefficient (Wildman–Crippen LogP) is 3.57. The molecule has 1 unspecified atom stereocenters. The Bertz CT molecular complexity index is 613. The summed E-state index contributed by atoms with van der Waals surface area (Å²) < 4.78 is 30.5. The molecule has 1 N–H and O–H groups in total. The van der Waals surface area contributed by atoms with E-state index in [1.54, 1.807) is 12.1 Å². The van der Waals surface area contributed by atoms with Crippen LogP contribution in [0.25, 0.3) is 5.57 Å². The first-order chi connectivity index (χ1) is 10.5. The standard InChI is InChI=1S/C16H20FNO3S/c1-11(2)10-21-16(19)18-13-3-4-14(15(17)9-13)12-5-7-22(20)8-6-12/h3-5,9,11H,6-8,10H2,1-2H3,(H,18,19). The minimum Gasteiger partial charge on any atom is -0.449 e. The highest BCUT2D eigenvalue weighted by molar-refractivity contribution is 7.85. The molecule has 1 atom stereocenters. The van der Waals surface area contributed by atoms with Crippen molar-refractivity contribution in [3.63, 3.8) is 0 Å². The van der Waals surface area contributed by atoms with E-state index in [9.17, 15) is 13.4 Å². The molecule has 0 spiro atoms. The van der Waals surface area contributed by atoms with Gasteiger partial charge in [-0.05, 0) is 36.1 Å². The fourth-order valence-electron chi connectivity index (χ4n) is 2.10. The minimum atomic E-state index is -0.832. The summed E-state index contributed by atoms with van der Waals surface area (Å²) in [4.78, 5) is 11.5. The number of nitrogens with one attached hydrogen (secondary N) is 1. The molecule has 120 valence electrons. The number of ether oxygens (including phenoxy) is 1. The van der Waals surface area contributed by atoms with Crippen LogP contribution in [0.2, 0.25) is 0 Å². The Balaban J connectivity index is 2.03. The average molecular weight is 325 g/mol. The zero-order valence-corrected chi connectivity index (χ0v) is 13.5. The van der Waals surface area contributed by atoms with E-state index in [4.69, 9.17) is 4.74 Å². The molecule has 1 aliphatic heterocycles. The maximum Gasteiger partial charge on any atom is 0.411 e. The molecule has 0 aliphatic carbocycles. The van der Waals surface area contributed by atoms with Gasteiger partial charge in [-0.25, -0.2) is 9.18 Å². The number of hydrogen-bond acceptors (Lipinski definition) is 3. The fourth-order valence-corrected chi connectivity index (χ4v) is 3.10. The number of benzene rings is 1. The SMILES string of the molecule is CC(C)COC(=O)Nc1ccc(C2=CCS(=O)CC2)c(F)c1. The average Bonchev–Trinajstić information content (AvgIpc) is 2.46. The lowest BCUT2D eigenvalue weighted by Gasteiger charge is -2.14. The lowest BCUT2D eigenvalue weighted by atomic mass is 10.0. The van der Waals surface area contributed by atoms with Gasteiger partial charge in [0.1, 0.15) is 5.82 Å². The van der Waals surface area contributed by atoms with Crippen LogP contribution in [-0.2, 0) is 15.5 Å². The second kappa shape index (κ2) is 7.54. The highest BCUT2D eigenvalue weighted by Gasteiger charge is 2.15. The van der Waals surface area contributed by atoms with E-state index in [2.05, 4.69) is 5.32 Å². The highest BCUT2D eigenvalue weighted by Crippen LogP contribution is 2.26. The molecule has 0 radical (unpaired) electrons. The summed E-state index contributed by atoms with van der Waals surface area (Å²) in [5.74, 6) is 0.873. The number of carbonyl (C=O) groups is 1. The van der Waals surface area contributed by atoms with Crippen molar-refractivity contribution in [2.75, 3.05) is 23.4 Å². The number of amides is 1. The third-order valence-electron chi connectivity index (χ3n) is 3.22. The van der Waals surface area contributed by atoms with Gasteiger partial charge in [0.15, 0.2) is 0 Å². The minimum absolute atomic E-state index is 0.244. The molecule has 22 heavy (non-hydrogen) atoms. The van der Waals surface area contributed by atoms with Crippen LogP contribution in [-0.4, -0.2) is 28.4 Å². The van der Waals surface area contributed by atoms with Gasteiger partial charge in [-0.3, -0.25) is 9.53 Å². The second-order valence-corrected chi connectivity index (χ2v) is 7.22. The Morgan fingerprint density at radius 1 is 1.45 bits per heavy atom. The van der Waals surface area contributed by atoms with Crippen LogP contribution in [0.1, 0.15) is 25.8 Å². The lowest BCUT2D eigenvalue weighted by Crippen LogP contribution is -2.16. The van der Waals surface area contributed by atoms with E-state index in [1.807, 2.05) is 19.9 Å². The highest BCUT2D eigenvalue weighted by atomic mass is 32.2. The largest absolute Gasteiger partial charge is 0.449 e. The van der Waals surface area contributed by atoms with Crippen molar-refractivity contribution in [2.24, 2.45) is 5.92 Å². The van der Waals surface area contributed by atoms with E-state index in [-0.39, 0.29) is 5.92 Å². The maximum atomic E-state index is 14.2. The van der Waals surface area contributed by atoms with Gasteiger partial charge in [-0.1, -0.05) is 19.9 Å². The normalized spacial score (nSPS) is 18.0. The zero-order chi connectivity index (χ0) is 16.1. The van der Waals surface area contributed by atoms with Gasteiger partial charge in [0.25, 0.3) is 0 Å². The summed E-state index contributed by atoms with van der Waals surface area (Å²) in [6.07, 6.45) is 1.84. The molecule has 6 heteroatoms. The first kappa shape index (κ1) is 16.7. The molecule has 2 rings (SSSR count). The van der Waals surface area contributed by atoms with Crippen molar-refractivity contribution in [1.29, 1.82) is 0 Å². The quantitative estimate of drug-likeness (QED) is 0.921. The van der Waals surface area contributed by atoms with Gasteiger partial charge >= 0.3 is 6.09 Å². The first-order valence-electron chi connectivity index (χ1n) is 7.23. The van der Waals surface area contributed by atoms with Crippen LogP contribution in [0.5, 0.6) is 0 Å². The molecule has 0 saturated carbocycles. The van der Waals surface area contributed by atoms with Crippen LogP contribution in [0, 0.1) is 11.7 Å². The number of rotatable bonds is 4. The van der Waals surface area contributed by atoms with Gasteiger partial charge in [0, 0.05) is 33.6 Å². The Morgan fingerprint density at radius 3 is 2.82 bits per heavy atom. The van der Waals surface area contributed by atoms with Gasteiger partial charge in [-0.15, -0.1) is 0 Å². The number of allylic oxidation sites excluding steroid dienone is 1. The van der Waals surface area contributed by atoms with Crippen LogP contribution < -0.4 is 5.32 Å². The molecule has 0 aromatic heterocycles. The number of hydrogen-bond donors (Lipinski definition) is 1. The monoisotopic (exact) mass is 325 g/mol. The first-order valence-corrected chi connectivity index (χ1v) is 8.72. The van der Waals surface area contributed by atoms with Crippen molar-refractivity contribution >= 4 is 28.2 Å². The van der Waals surface area contributed by atoms with Crippen molar-refractivity contribution in [3.05, 3.63) is 35.7 Å². The summed E-state index contributed by atoms with van der Waals surface area (Å²) in [5, 5.41) is 2.51. The van der Waals surface area contributed by atoms with Crippen molar-refractivity contribution in [1.82, 2.24) is 0 Å². The summed E-state index contributed by atoms with van der Waals surface area (Å²) in [5.41, 5.74) is 1.72. The van der Waals surface area contributed by atoms with Crippen LogP contribution in [0.3, 0.4) is 0 Å². The van der Waals surface area contributed by atoms with E-state index < -0.39 is 22.7 Å². The molecule has 1 aliphatic rings. The van der Waals surface area contributed by atoms with Gasteiger partial charge in [0.05, 0.1) is 6.61 Å². The Labute approximate surface area is 132 Å². The van der Waals surface area contributed by atoms with E-state index in [0.717, 1.165) is 5.57 Å². The Morgan fingerprint density at radius 2 is 2.23 bits per heavy atom. The molecule has 4 nitrogen and oxygen atoms in total. The fraction of sp³-hybridized carbons (Fsp3) is 0.438. The molecule has 0 saturated heterocycles. The molecule has 0 bridgehead atoms. The molecule has 1 amide bonds. The lowest BCUT2D eigenvalue weighted by molar-refractivity contribution is 0.147. The van der Waals surface area contributed by atoms with Gasteiger partial charge in [-0.2, -0.15) is 0 Å². The number of halogens is 1. The maximum absolute atomic E-state index is 14.2. The van der Waals surface area contributed by atoms with Gasteiger partial charge in [0.2, 0.25) is 0 Å². The van der Waals surface area contributed by atoms with E-state index in [0.29, 0.717) is 35.8 Å². The van der Waals surface area contributed by atoms with Crippen molar-refractivity contribution in [3.8, 4) is 0 Å². The molecule has 1 aromatic carbocycles. The molecular weight excluding hydrogens is 305 g/mol. The second-order valence-electron chi connectivity index (χ2n) is 5.60. The van der Waals surface area contributed by atoms with Crippen LogP contribution in [0.4, 0.5) is 14.9 Å². The third kappa shape index (κ3) is 4.66. The van der Waals surface area contributed by atoms with E-state index in [1.165, 1.54) is 6.07 Å². The summed E-state index contributed by atoms with van der Waals surface area (Å²) in [6.45, 7) is 4.19. The Kier molecular flexibility index (Phi) is 5.71. The Hall–Kier alpha value is -1.69. The summed E-state index contributed by atoms with van der Waals surface area (Å²) in [7, 11) is -0.832. The van der Waals surface area contributed by atoms with Crippen LogP contribution >= 0.6 is 0 Å². The summed E-state index contributed by atoms with van der Waals surface area (Å²) in [6, 6.07) is 4.55. The third-order valence-corrected chi connectivity index (χ3v) is 4.42. The van der Waals surface area contributed by atoms with Gasteiger partial charge < -0.3 is 4.74 Å². The van der Waals surface area contributed by atoms with Crippen molar-refractivity contribution < 1.29 is 18.1 Å². The smallest absolute Gasteiger partial charge is 0.411 e. The molecular formula is C16H20FNO3S.